The van der Waals surface area contributed by atoms with Crippen LogP contribution in [0.1, 0.15) is 57.2 Å². The number of likely N-dealkylation sites (tertiary alicyclic amines) is 1. The molecule has 1 atom stereocenters. The highest BCUT2D eigenvalue weighted by molar-refractivity contribution is 9.10. The van der Waals surface area contributed by atoms with Crippen molar-refractivity contribution >= 4 is 33.2 Å². The lowest BCUT2D eigenvalue weighted by molar-refractivity contribution is 0.0197. The summed E-state index contributed by atoms with van der Waals surface area (Å²) in [5.41, 5.74) is 1.38. The second kappa shape index (κ2) is 10.0. The van der Waals surface area contributed by atoms with Gasteiger partial charge in [0.05, 0.1) is 24.1 Å². The smallest absolute Gasteiger partial charge is 0.410 e. The van der Waals surface area contributed by atoms with Gasteiger partial charge in [-0.1, -0.05) is 15.9 Å². The summed E-state index contributed by atoms with van der Waals surface area (Å²) in [7, 11) is 1.43. The highest BCUT2D eigenvalue weighted by Gasteiger charge is 2.29. The second-order valence-corrected chi connectivity index (χ2v) is 10.4. The van der Waals surface area contributed by atoms with Gasteiger partial charge in [-0.15, -0.1) is 0 Å². The Morgan fingerprint density at radius 3 is 2.69 bits per heavy atom. The molecule has 0 aliphatic carbocycles. The molecule has 1 amide bonds. The fourth-order valence-corrected chi connectivity index (χ4v) is 4.62. The number of alkyl halides is 2. The van der Waals surface area contributed by atoms with Crippen LogP contribution in [0, 0.1) is 0 Å². The normalized spacial score (nSPS) is 16.6. The molecule has 1 fully saturated rings. The number of ether oxygens (including phenoxy) is 2. The SMILES string of the molecule is COc1cc(Br)cc(C(F)F)c1-c1ccc2ncc([C@@H]3CCCN(C(=O)OC(C)(C)C)C3)nc2n1. The van der Waals surface area contributed by atoms with Gasteiger partial charge in [-0.2, -0.15) is 0 Å². The zero-order valence-corrected chi connectivity index (χ0v) is 21.6. The number of piperidine rings is 1. The van der Waals surface area contributed by atoms with E-state index in [1.54, 1.807) is 29.3 Å². The van der Waals surface area contributed by atoms with E-state index in [2.05, 4.69) is 25.9 Å². The number of pyridine rings is 1. The molecule has 3 aromatic rings. The number of nitrogens with zero attached hydrogens (tertiary/aromatic N) is 4. The Kier molecular flexibility index (Phi) is 7.21. The Bertz CT molecular complexity index is 1250. The highest BCUT2D eigenvalue weighted by Crippen LogP contribution is 2.40. The van der Waals surface area contributed by atoms with Crippen molar-refractivity contribution in [2.75, 3.05) is 20.2 Å². The fourth-order valence-electron chi connectivity index (χ4n) is 4.17. The van der Waals surface area contributed by atoms with Gasteiger partial charge in [0.1, 0.15) is 16.9 Å². The number of hydrogen-bond donors (Lipinski definition) is 0. The number of carbonyl (C=O) groups excluding carboxylic acids is 1. The summed E-state index contributed by atoms with van der Waals surface area (Å²) in [5, 5.41) is 0. The van der Waals surface area contributed by atoms with E-state index in [1.165, 1.54) is 13.2 Å². The fraction of sp³-hybridized carbons (Fsp3) is 0.440. The number of amides is 1. The molecule has 4 rings (SSSR count). The van der Waals surface area contributed by atoms with Crippen molar-refractivity contribution in [2.24, 2.45) is 0 Å². The summed E-state index contributed by atoms with van der Waals surface area (Å²) in [6.45, 7) is 6.60. The third-order valence-electron chi connectivity index (χ3n) is 5.73. The minimum atomic E-state index is -2.72. The van der Waals surface area contributed by atoms with Gasteiger partial charge in [0, 0.05) is 35.2 Å². The molecule has 186 valence electrons. The summed E-state index contributed by atoms with van der Waals surface area (Å²) >= 11 is 3.26. The lowest BCUT2D eigenvalue weighted by Gasteiger charge is -2.33. The number of methoxy groups -OCH3 is 1. The van der Waals surface area contributed by atoms with Crippen LogP contribution in [0.4, 0.5) is 13.6 Å². The minimum absolute atomic E-state index is 0.0301. The third-order valence-corrected chi connectivity index (χ3v) is 6.18. The van der Waals surface area contributed by atoms with Crippen molar-refractivity contribution in [3.8, 4) is 17.0 Å². The quantitative estimate of drug-likeness (QED) is 0.369. The number of halogens is 3. The Labute approximate surface area is 211 Å². The first-order valence-corrected chi connectivity index (χ1v) is 12.1. The molecule has 2 aromatic heterocycles. The molecule has 3 heterocycles. The van der Waals surface area contributed by atoms with Crippen LogP contribution >= 0.6 is 15.9 Å². The average Bonchev–Trinajstić information content (AvgIpc) is 2.81. The first-order valence-electron chi connectivity index (χ1n) is 11.3. The largest absolute Gasteiger partial charge is 0.496 e. The molecular weight excluding hydrogens is 522 g/mol. The van der Waals surface area contributed by atoms with Gasteiger partial charge in [-0.3, -0.25) is 4.98 Å². The Morgan fingerprint density at radius 1 is 1.23 bits per heavy atom. The van der Waals surface area contributed by atoms with E-state index >= 15 is 0 Å². The molecule has 7 nitrogen and oxygen atoms in total. The topological polar surface area (TPSA) is 77.4 Å². The van der Waals surface area contributed by atoms with Crippen molar-refractivity contribution < 1.29 is 23.0 Å². The first kappa shape index (κ1) is 25.2. The molecule has 1 saturated heterocycles. The molecule has 0 unspecified atom stereocenters. The van der Waals surface area contributed by atoms with Gasteiger partial charge in [-0.05, 0) is 57.9 Å². The van der Waals surface area contributed by atoms with E-state index in [4.69, 9.17) is 14.5 Å². The predicted molar refractivity (Wildman–Crippen MR) is 132 cm³/mol. The van der Waals surface area contributed by atoms with E-state index in [0.717, 1.165) is 12.8 Å². The minimum Gasteiger partial charge on any atom is -0.496 e. The van der Waals surface area contributed by atoms with Crippen molar-refractivity contribution in [1.82, 2.24) is 19.9 Å². The van der Waals surface area contributed by atoms with Crippen LogP contribution in [0.3, 0.4) is 0 Å². The van der Waals surface area contributed by atoms with Gasteiger partial charge in [-0.25, -0.2) is 23.5 Å². The molecule has 0 N–H and O–H groups in total. The molecular formula is C25H27BrF2N4O3. The van der Waals surface area contributed by atoms with Crippen molar-refractivity contribution in [3.63, 3.8) is 0 Å². The van der Waals surface area contributed by atoms with Crippen LogP contribution in [-0.2, 0) is 4.74 Å². The molecule has 1 aliphatic heterocycles. The van der Waals surface area contributed by atoms with Gasteiger partial charge in [0.15, 0.2) is 5.65 Å². The summed E-state index contributed by atoms with van der Waals surface area (Å²) in [6.07, 6.45) is 0.281. The van der Waals surface area contributed by atoms with E-state index in [0.29, 0.717) is 40.1 Å². The molecule has 0 spiro atoms. The standard InChI is InChI=1S/C25H27BrF2N4O3/c1-25(2,3)35-24(33)32-9-5-6-14(13-32)19-12-29-18-8-7-17(30-23(18)31-19)21-16(22(27)28)10-15(26)11-20(21)34-4/h7-8,10-12,14,22H,5-6,9,13H2,1-4H3/t14-/m1/s1. The molecule has 0 bridgehead atoms. The maximum Gasteiger partial charge on any atom is 0.410 e. The summed E-state index contributed by atoms with van der Waals surface area (Å²) in [6, 6.07) is 6.34. The zero-order chi connectivity index (χ0) is 25.3. The lowest BCUT2D eigenvalue weighted by Crippen LogP contribution is -2.42. The van der Waals surface area contributed by atoms with Gasteiger partial charge < -0.3 is 14.4 Å². The number of hydrogen-bond acceptors (Lipinski definition) is 6. The number of rotatable bonds is 4. The van der Waals surface area contributed by atoms with Crippen LogP contribution in [0.15, 0.2) is 34.9 Å². The number of fused-ring (bicyclic) bond motifs is 1. The summed E-state index contributed by atoms with van der Waals surface area (Å²) in [5.74, 6) is 0.253. The maximum atomic E-state index is 13.9. The number of benzene rings is 1. The molecule has 35 heavy (non-hydrogen) atoms. The van der Waals surface area contributed by atoms with Crippen molar-refractivity contribution in [1.29, 1.82) is 0 Å². The summed E-state index contributed by atoms with van der Waals surface area (Å²) in [4.78, 5) is 28.0. The highest BCUT2D eigenvalue weighted by atomic mass is 79.9. The predicted octanol–water partition coefficient (Wildman–Crippen LogP) is 6.52. The lowest BCUT2D eigenvalue weighted by atomic mass is 9.95. The molecule has 1 aromatic carbocycles. The van der Waals surface area contributed by atoms with E-state index in [9.17, 15) is 13.6 Å². The van der Waals surface area contributed by atoms with Gasteiger partial charge in [0.25, 0.3) is 6.43 Å². The van der Waals surface area contributed by atoms with Crippen molar-refractivity contribution in [2.45, 2.75) is 51.6 Å². The number of carbonyl (C=O) groups is 1. The Balaban J connectivity index is 1.68. The van der Waals surface area contributed by atoms with E-state index < -0.39 is 12.0 Å². The molecule has 0 radical (unpaired) electrons. The van der Waals surface area contributed by atoms with Crippen LogP contribution < -0.4 is 4.74 Å². The van der Waals surface area contributed by atoms with E-state index in [-0.39, 0.29) is 28.9 Å². The number of aromatic nitrogens is 3. The summed E-state index contributed by atoms with van der Waals surface area (Å²) < 4.78 is 39.1. The van der Waals surface area contributed by atoms with E-state index in [1.807, 2.05) is 20.8 Å². The first-order chi connectivity index (χ1) is 16.6. The Hall–Kier alpha value is -2.88. The van der Waals surface area contributed by atoms with Crippen LogP contribution in [0.5, 0.6) is 5.75 Å². The molecule has 0 saturated carbocycles. The maximum absolute atomic E-state index is 13.9. The van der Waals surface area contributed by atoms with Gasteiger partial charge >= 0.3 is 6.09 Å². The van der Waals surface area contributed by atoms with Crippen LogP contribution in [0.2, 0.25) is 0 Å². The van der Waals surface area contributed by atoms with Crippen LogP contribution in [-0.4, -0.2) is 51.7 Å². The average molecular weight is 549 g/mol. The van der Waals surface area contributed by atoms with Crippen LogP contribution in [0.25, 0.3) is 22.4 Å². The third kappa shape index (κ3) is 5.69. The Morgan fingerprint density at radius 2 is 2.00 bits per heavy atom. The molecule has 1 aliphatic rings. The molecule has 10 heteroatoms. The second-order valence-electron chi connectivity index (χ2n) is 9.47. The monoisotopic (exact) mass is 548 g/mol. The van der Waals surface area contributed by atoms with Gasteiger partial charge in [0.2, 0.25) is 0 Å². The zero-order valence-electron chi connectivity index (χ0n) is 20.0. The van der Waals surface area contributed by atoms with Crippen molar-refractivity contribution in [3.05, 3.63) is 46.2 Å².